The lowest BCUT2D eigenvalue weighted by atomic mass is 9.94. The Morgan fingerprint density at radius 2 is 2.12 bits per heavy atom. The highest BCUT2D eigenvalue weighted by molar-refractivity contribution is 5.76. The van der Waals surface area contributed by atoms with Gasteiger partial charge < -0.3 is 10.2 Å². The normalized spacial score (nSPS) is 17.4. The van der Waals surface area contributed by atoms with Gasteiger partial charge >= 0.3 is 0 Å². The van der Waals surface area contributed by atoms with Crippen molar-refractivity contribution in [3.05, 3.63) is 48.0 Å². The van der Waals surface area contributed by atoms with Gasteiger partial charge in [0, 0.05) is 37.3 Å². The summed E-state index contributed by atoms with van der Waals surface area (Å²) in [5.74, 6) is 0.664. The number of hydrogen-bond donors (Lipinski definition) is 1. The zero-order chi connectivity index (χ0) is 17.6. The molecule has 25 heavy (non-hydrogen) atoms. The zero-order valence-electron chi connectivity index (χ0n) is 14.4. The number of carbonyl (C=O) groups is 1. The van der Waals surface area contributed by atoms with Gasteiger partial charge in [0.15, 0.2) is 0 Å². The van der Waals surface area contributed by atoms with Crippen LogP contribution in [0.4, 0.5) is 16.0 Å². The average molecular weight is 342 g/mol. The molecule has 0 saturated carbocycles. The second kappa shape index (κ2) is 8.05. The fourth-order valence-electron chi connectivity index (χ4n) is 3.14. The summed E-state index contributed by atoms with van der Waals surface area (Å²) in [4.78, 5) is 23.0. The first-order valence-electron chi connectivity index (χ1n) is 8.79. The van der Waals surface area contributed by atoms with Crippen molar-refractivity contribution in [3.8, 4) is 0 Å². The first-order valence-corrected chi connectivity index (χ1v) is 8.79. The zero-order valence-corrected chi connectivity index (χ0v) is 14.4. The van der Waals surface area contributed by atoms with Crippen LogP contribution in [0.5, 0.6) is 0 Å². The molecule has 132 valence electrons. The molecule has 0 radical (unpaired) electrons. The molecule has 0 aliphatic carbocycles. The maximum atomic E-state index is 13.0. The standard InChI is InChI=1S/C19H23FN4O/c1-2-4-18(25)24-12-3-5-14(13-24)17-10-11-21-19(23-17)22-16-8-6-15(20)7-9-16/h6-11,14H,2-5,12-13H2,1H3,(H,21,22,23)/t14-/m1/s1. The van der Waals surface area contributed by atoms with Gasteiger partial charge in [-0.15, -0.1) is 0 Å². The van der Waals surface area contributed by atoms with E-state index in [0.29, 0.717) is 18.9 Å². The van der Waals surface area contributed by atoms with Crippen LogP contribution in [-0.2, 0) is 4.79 Å². The Morgan fingerprint density at radius 3 is 2.88 bits per heavy atom. The van der Waals surface area contributed by atoms with Crippen LogP contribution in [-0.4, -0.2) is 33.9 Å². The Hall–Kier alpha value is -2.50. The highest BCUT2D eigenvalue weighted by Gasteiger charge is 2.25. The fraction of sp³-hybridized carbons (Fsp3) is 0.421. The minimum absolute atomic E-state index is 0.228. The quantitative estimate of drug-likeness (QED) is 0.896. The second-order valence-electron chi connectivity index (χ2n) is 6.37. The Balaban J connectivity index is 1.70. The molecule has 1 aromatic heterocycles. The highest BCUT2D eigenvalue weighted by Crippen LogP contribution is 2.27. The summed E-state index contributed by atoms with van der Waals surface area (Å²) in [6.07, 6.45) is 5.21. The molecule has 1 N–H and O–H groups in total. The molecule has 5 nitrogen and oxygen atoms in total. The third-order valence-electron chi connectivity index (χ3n) is 4.43. The number of carbonyl (C=O) groups excluding carboxylic acids is 1. The SMILES string of the molecule is CCCC(=O)N1CCC[C@@H](c2ccnc(Nc3ccc(F)cc3)n2)C1. The van der Waals surface area contributed by atoms with Crippen LogP contribution in [0.3, 0.4) is 0 Å². The molecule has 0 bridgehead atoms. The molecule has 1 fully saturated rings. The van der Waals surface area contributed by atoms with Crippen LogP contribution in [0.15, 0.2) is 36.5 Å². The first kappa shape index (κ1) is 17.3. The highest BCUT2D eigenvalue weighted by atomic mass is 19.1. The Labute approximate surface area is 147 Å². The van der Waals surface area contributed by atoms with Crippen molar-refractivity contribution in [2.75, 3.05) is 18.4 Å². The van der Waals surface area contributed by atoms with Crippen molar-refractivity contribution in [2.45, 2.75) is 38.5 Å². The van der Waals surface area contributed by atoms with E-state index in [2.05, 4.69) is 15.3 Å². The Kier molecular flexibility index (Phi) is 5.58. The van der Waals surface area contributed by atoms with E-state index in [1.165, 1.54) is 12.1 Å². The van der Waals surface area contributed by atoms with Gasteiger partial charge in [0.2, 0.25) is 11.9 Å². The van der Waals surface area contributed by atoms with Gasteiger partial charge in [-0.1, -0.05) is 6.92 Å². The predicted octanol–water partition coefficient (Wildman–Crippen LogP) is 3.87. The number of halogens is 1. The molecule has 1 atom stereocenters. The van der Waals surface area contributed by atoms with Crippen LogP contribution in [0.1, 0.15) is 44.2 Å². The Morgan fingerprint density at radius 1 is 1.32 bits per heavy atom. The minimum atomic E-state index is -0.278. The summed E-state index contributed by atoms with van der Waals surface area (Å²) in [5.41, 5.74) is 1.68. The van der Waals surface area contributed by atoms with Crippen molar-refractivity contribution in [3.63, 3.8) is 0 Å². The van der Waals surface area contributed by atoms with E-state index in [-0.39, 0.29) is 17.6 Å². The van der Waals surface area contributed by atoms with Crippen LogP contribution in [0, 0.1) is 5.82 Å². The van der Waals surface area contributed by atoms with E-state index in [0.717, 1.165) is 37.2 Å². The molecular weight excluding hydrogens is 319 g/mol. The molecular formula is C19H23FN4O. The van der Waals surface area contributed by atoms with E-state index in [1.807, 2.05) is 17.9 Å². The largest absolute Gasteiger partial charge is 0.342 e. The summed E-state index contributed by atoms with van der Waals surface area (Å²) in [7, 11) is 0. The van der Waals surface area contributed by atoms with Crippen molar-refractivity contribution < 1.29 is 9.18 Å². The third-order valence-corrected chi connectivity index (χ3v) is 4.43. The molecule has 1 aliphatic heterocycles. The molecule has 2 aromatic rings. The topological polar surface area (TPSA) is 58.1 Å². The molecule has 1 saturated heterocycles. The number of nitrogens with zero attached hydrogens (tertiary/aromatic N) is 3. The summed E-state index contributed by atoms with van der Waals surface area (Å²) >= 11 is 0. The third kappa shape index (κ3) is 4.53. The molecule has 2 heterocycles. The van der Waals surface area contributed by atoms with Crippen LogP contribution in [0.25, 0.3) is 0 Å². The van der Waals surface area contributed by atoms with Crippen molar-refractivity contribution in [1.29, 1.82) is 0 Å². The Bertz CT molecular complexity index is 720. The van der Waals surface area contributed by atoms with Gasteiger partial charge in [0.05, 0.1) is 5.69 Å². The lowest BCUT2D eigenvalue weighted by Crippen LogP contribution is -2.39. The van der Waals surface area contributed by atoms with Crippen LogP contribution in [0.2, 0.25) is 0 Å². The molecule has 6 heteroatoms. The summed E-state index contributed by atoms with van der Waals surface area (Å²) in [5, 5.41) is 3.10. The number of anilines is 2. The monoisotopic (exact) mass is 342 g/mol. The number of benzene rings is 1. The first-order chi connectivity index (χ1) is 12.2. The van der Waals surface area contributed by atoms with E-state index >= 15 is 0 Å². The molecule has 3 rings (SSSR count). The van der Waals surface area contributed by atoms with E-state index in [4.69, 9.17) is 0 Å². The smallest absolute Gasteiger partial charge is 0.227 e. The lowest BCUT2D eigenvalue weighted by molar-refractivity contribution is -0.132. The maximum absolute atomic E-state index is 13.0. The number of hydrogen-bond acceptors (Lipinski definition) is 4. The van der Waals surface area contributed by atoms with Gasteiger partial charge in [0.25, 0.3) is 0 Å². The molecule has 1 aliphatic rings. The number of aromatic nitrogens is 2. The van der Waals surface area contributed by atoms with Gasteiger partial charge in [-0.25, -0.2) is 14.4 Å². The van der Waals surface area contributed by atoms with E-state index in [1.54, 1.807) is 18.3 Å². The molecule has 1 aromatic carbocycles. The number of nitrogens with one attached hydrogen (secondary N) is 1. The van der Waals surface area contributed by atoms with Crippen LogP contribution >= 0.6 is 0 Å². The summed E-state index contributed by atoms with van der Waals surface area (Å²) in [6.45, 7) is 3.57. The van der Waals surface area contributed by atoms with Gasteiger partial charge in [-0.05, 0) is 49.6 Å². The molecule has 0 unspecified atom stereocenters. The van der Waals surface area contributed by atoms with Crippen molar-refractivity contribution >= 4 is 17.5 Å². The second-order valence-corrected chi connectivity index (χ2v) is 6.37. The fourth-order valence-corrected chi connectivity index (χ4v) is 3.14. The van der Waals surface area contributed by atoms with E-state index in [9.17, 15) is 9.18 Å². The molecule has 0 spiro atoms. The van der Waals surface area contributed by atoms with Gasteiger partial charge in [-0.3, -0.25) is 4.79 Å². The number of amides is 1. The molecule has 1 amide bonds. The summed E-state index contributed by atoms with van der Waals surface area (Å²) in [6, 6.07) is 8.00. The van der Waals surface area contributed by atoms with E-state index < -0.39 is 0 Å². The minimum Gasteiger partial charge on any atom is -0.342 e. The predicted molar refractivity (Wildman–Crippen MR) is 95.2 cm³/mol. The van der Waals surface area contributed by atoms with Crippen LogP contribution < -0.4 is 5.32 Å². The van der Waals surface area contributed by atoms with Gasteiger partial charge in [0.1, 0.15) is 5.82 Å². The number of rotatable bonds is 5. The maximum Gasteiger partial charge on any atom is 0.227 e. The number of piperidine rings is 1. The van der Waals surface area contributed by atoms with Crippen molar-refractivity contribution in [2.24, 2.45) is 0 Å². The van der Waals surface area contributed by atoms with Gasteiger partial charge in [-0.2, -0.15) is 0 Å². The van der Waals surface area contributed by atoms with Crippen molar-refractivity contribution in [1.82, 2.24) is 14.9 Å². The lowest BCUT2D eigenvalue weighted by Gasteiger charge is -2.32. The number of likely N-dealkylation sites (tertiary alicyclic amines) is 1. The summed E-state index contributed by atoms with van der Waals surface area (Å²) < 4.78 is 13.0. The average Bonchev–Trinajstić information content (AvgIpc) is 2.64.